The molecule has 0 aliphatic heterocycles. The average Bonchev–Trinajstić information content (AvgIpc) is 2.60. The van der Waals surface area contributed by atoms with Crippen molar-refractivity contribution >= 4 is 23.5 Å². The molecule has 0 bridgehead atoms. The number of carboxylic acids is 1. The van der Waals surface area contributed by atoms with E-state index in [1.165, 1.54) is 31.5 Å². The molecule has 1 aromatic carbocycles. The SMILES string of the molecule is COC(=O)c1cccc(NC(=O)COn2cccc(C(=O)O)c2=O)c1. The van der Waals surface area contributed by atoms with Gasteiger partial charge in [0.2, 0.25) is 0 Å². The Morgan fingerprint density at radius 3 is 2.64 bits per heavy atom. The van der Waals surface area contributed by atoms with Crippen LogP contribution in [0.4, 0.5) is 5.69 Å². The Morgan fingerprint density at radius 2 is 1.96 bits per heavy atom. The first kappa shape index (κ1) is 17.7. The number of hydrogen-bond acceptors (Lipinski definition) is 6. The molecular weight excluding hydrogens is 332 g/mol. The maximum absolute atomic E-state index is 11.9. The first-order valence-corrected chi connectivity index (χ1v) is 6.99. The number of rotatable bonds is 6. The number of benzene rings is 1. The molecule has 2 aromatic rings. The van der Waals surface area contributed by atoms with E-state index in [1.807, 2.05) is 0 Å². The normalized spacial score (nSPS) is 9.96. The standard InChI is InChI=1S/C16H14N2O7/c1-24-16(23)10-4-2-5-11(8-10)17-13(19)9-25-18-7-3-6-12(14(18)20)15(21)22/h2-8H,9H2,1H3,(H,17,19)(H,21,22). The number of nitrogens with one attached hydrogen (secondary N) is 1. The Morgan fingerprint density at radius 1 is 1.20 bits per heavy atom. The number of pyridine rings is 1. The smallest absolute Gasteiger partial charge is 0.341 e. The fraction of sp³-hybridized carbons (Fsp3) is 0.125. The number of carboxylic acid groups (broad SMARTS) is 1. The molecule has 2 N–H and O–H groups in total. The van der Waals surface area contributed by atoms with Gasteiger partial charge < -0.3 is 20.0 Å². The first-order valence-electron chi connectivity index (χ1n) is 6.99. The molecule has 130 valence electrons. The largest absolute Gasteiger partial charge is 0.477 e. The summed E-state index contributed by atoms with van der Waals surface area (Å²) in [4.78, 5) is 51.0. The lowest BCUT2D eigenvalue weighted by Crippen LogP contribution is -2.34. The second kappa shape index (κ2) is 7.77. The molecule has 9 nitrogen and oxygen atoms in total. The Balaban J connectivity index is 2.02. The molecule has 0 aliphatic carbocycles. The number of anilines is 1. The highest BCUT2D eigenvalue weighted by molar-refractivity contribution is 5.95. The Bertz CT molecular complexity index is 873. The summed E-state index contributed by atoms with van der Waals surface area (Å²) in [6.07, 6.45) is 1.19. The molecule has 0 saturated carbocycles. The quantitative estimate of drug-likeness (QED) is 0.726. The van der Waals surface area contributed by atoms with Crippen molar-refractivity contribution in [2.24, 2.45) is 0 Å². The summed E-state index contributed by atoms with van der Waals surface area (Å²) in [5.41, 5.74) is -0.779. The van der Waals surface area contributed by atoms with E-state index >= 15 is 0 Å². The summed E-state index contributed by atoms with van der Waals surface area (Å²) in [5.74, 6) is -2.55. The van der Waals surface area contributed by atoms with Gasteiger partial charge in [-0.25, -0.2) is 9.59 Å². The second-order valence-corrected chi connectivity index (χ2v) is 4.75. The van der Waals surface area contributed by atoms with Gasteiger partial charge in [0.05, 0.1) is 12.7 Å². The van der Waals surface area contributed by atoms with Crippen molar-refractivity contribution in [2.45, 2.75) is 0 Å². The third-order valence-electron chi connectivity index (χ3n) is 3.05. The van der Waals surface area contributed by atoms with Crippen LogP contribution in [0.25, 0.3) is 0 Å². The zero-order valence-corrected chi connectivity index (χ0v) is 13.1. The number of carbonyl (C=O) groups is 3. The highest BCUT2D eigenvalue weighted by Gasteiger charge is 2.12. The summed E-state index contributed by atoms with van der Waals surface area (Å²) in [7, 11) is 1.24. The van der Waals surface area contributed by atoms with Crippen molar-refractivity contribution in [1.29, 1.82) is 0 Å². The van der Waals surface area contributed by atoms with Crippen LogP contribution in [0.15, 0.2) is 47.4 Å². The third-order valence-corrected chi connectivity index (χ3v) is 3.05. The van der Waals surface area contributed by atoms with E-state index in [0.29, 0.717) is 10.4 Å². The molecule has 0 saturated heterocycles. The fourth-order valence-corrected chi connectivity index (χ4v) is 1.91. The summed E-state index contributed by atoms with van der Waals surface area (Å²) in [6, 6.07) is 8.49. The summed E-state index contributed by atoms with van der Waals surface area (Å²) in [6.45, 7) is -0.536. The van der Waals surface area contributed by atoms with Crippen LogP contribution in [0.1, 0.15) is 20.7 Å². The number of aromatic carboxylic acids is 1. The Hall–Kier alpha value is -3.62. The van der Waals surface area contributed by atoms with E-state index in [0.717, 1.165) is 6.07 Å². The van der Waals surface area contributed by atoms with Crippen molar-refractivity contribution in [3.63, 3.8) is 0 Å². The molecule has 1 amide bonds. The van der Waals surface area contributed by atoms with Gasteiger partial charge in [0, 0.05) is 11.9 Å². The summed E-state index contributed by atoms with van der Waals surface area (Å²) >= 11 is 0. The van der Waals surface area contributed by atoms with Crippen molar-refractivity contribution in [2.75, 3.05) is 19.0 Å². The molecule has 2 rings (SSSR count). The number of ether oxygens (including phenoxy) is 1. The minimum atomic E-state index is -1.40. The number of amides is 1. The fourth-order valence-electron chi connectivity index (χ4n) is 1.91. The molecule has 9 heteroatoms. The van der Waals surface area contributed by atoms with E-state index in [1.54, 1.807) is 12.1 Å². The van der Waals surface area contributed by atoms with Gasteiger partial charge in [-0.3, -0.25) is 9.59 Å². The van der Waals surface area contributed by atoms with Gasteiger partial charge in [-0.1, -0.05) is 6.07 Å². The molecule has 1 heterocycles. The minimum Gasteiger partial charge on any atom is -0.477 e. The van der Waals surface area contributed by atoms with Crippen LogP contribution in [0.2, 0.25) is 0 Å². The number of carbonyl (C=O) groups excluding carboxylic acids is 2. The van der Waals surface area contributed by atoms with Crippen LogP contribution in [0, 0.1) is 0 Å². The van der Waals surface area contributed by atoms with Crippen LogP contribution in [-0.2, 0) is 9.53 Å². The van der Waals surface area contributed by atoms with Crippen molar-refractivity contribution < 1.29 is 29.1 Å². The van der Waals surface area contributed by atoms with Crippen LogP contribution in [0.5, 0.6) is 0 Å². The number of nitrogens with zero attached hydrogens (tertiary/aromatic N) is 1. The number of esters is 1. The van der Waals surface area contributed by atoms with E-state index in [2.05, 4.69) is 10.1 Å². The molecule has 0 radical (unpaired) electrons. The van der Waals surface area contributed by atoms with Crippen molar-refractivity contribution in [3.05, 3.63) is 64.1 Å². The molecule has 1 aromatic heterocycles. The predicted molar refractivity (Wildman–Crippen MR) is 85.5 cm³/mol. The molecule has 0 aliphatic rings. The summed E-state index contributed by atoms with van der Waals surface area (Å²) in [5, 5.41) is 11.4. The van der Waals surface area contributed by atoms with E-state index in [4.69, 9.17) is 9.94 Å². The van der Waals surface area contributed by atoms with Gasteiger partial charge in [0.25, 0.3) is 11.5 Å². The zero-order chi connectivity index (χ0) is 18.4. The molecular formula is C16H14N2O7. The summed E-state index contributed by atoms with van der Waals surface area (Å²) < 4.78 is 5.24. The maximum atomic E-state index is 11.9. The van der Waals surface area contributed by atoms with Crippen LogP contribution < -0.4 is 15.7 Å². The van der Waals surface area contributed by atoms with Crippen LogP contribution >= 0.6 is 0 Å². The van der Waals surface area contributed by atoms with Crippen LogP contribution in [-0.4, -0.2) is 41.4 Å². The van der Waals surface area contributed by atoms with Gasteiger partial charge in [0.15, 0.2) is 6.61 Å². The van der Waals surface area contributed by atoms with Gasteiger partial charge >= 0.3 is 11.9 Å². The Kier molecular flexibility index (Phi) is 5.51. The molecule has 0 unspecified atom stereocenters. The lowest BCUT2D eigenvalue weighted by atomic mass is 10.2. The Labute approximate surface area is 141 Å². The van der Waals surface area contributed by atoms with Gasteiger partial charge in [-0.2, -0.15) is 4.73 Å². The number of methoxy groups -OCH3 is 1. The molecule has 25 heavy (non-hydrogen) atoms. The van der Waals surface area contributed by atoms with Gasteiger partial charge in [-0.15, -0.1) is 0 Å². The van der Waals surface area contributed by atoms with Gasteiger partial charge in [-0.05, 0) is 30.3 Å². The lowest BCUT2D eigenvalue weighted by Gasteiger charge is -2.10. The van der Waals surface area contributed by atoms with E-state index < -0.39 is 35.6 Å². The highest BCUT2D eigenvalue weighted by Crippen LogP contribution is 2.11. The topological polar surface area (TPSA) is 124 Å². The number of hydrogen-bond donors (Lipinski definition) is 2. The molecule has 0 fully saturated rings. The second-order valence-electron chi connectivity index (χ2n) is 4.75. The molecule has 0 spiro atoms. The predicted octanol–water partition coefficient (Wildman–Crippen LogP) is 0.400. The van der Waals surface area contributed by atoms with Gasteiger partial charge in [0.1, 0.15) is 5.56 Å². The zero-order valence-electron chi connectivity index (χ0n) is 13.1. The average molecular weight is 346 g/mol. The minimum absolute atomic E-state index is 0.256. The highest BCUT2D eigenvalue weighted by atomic mass is 16.7. The van der Waals surface area contributed by atoms with Crippen molar-refractivity contribution in [1.82, 2.24) is 4.73 Å². The van der Waals surface area contributed by atoms with Crippen LogP contribution in [0.3, 0.4) is 0 Å². The van der Waals surface area contributed by atoms with E-state index in [-0.39, 0.29) is 5.56 Å². The van der Waals surface area contributed by atoms with Crippen molar-refractivity contribution in [3.8, 4) is 0 Å². The third kappa shape index (κ3) is 4.44. The monoisotopic (exact) mass is 346 g/mol. The number of aromatic nitrogens is 1. The maximum Gasteiger partial charge on any atom is 0.341 e. The lowest BCUT2D eigenvalue weighted by molar-refractivity contribution is -0.120. The van der Waals surface area contributed by atoms with E-state index in [9.17, 15) is 19.2 Å². The first-order chi connectivity index (χ1) is 11.9. The molecule has 0 atom stereocenters.